The molecule has 1 N–H and O–H groups in total. The predicted molar refractivity (Wildman–Crippen MR) is 101 cm³/mol. The molecule has 0 spiro atoms. The van der Waals surface area contributed by atoms with E-state index in [-0.39, 0.29) is 12.2 Å². The SMILES string of the molecule is COc1ccnc(CC(=O)c2nc3cc(-n4cccc4)ccc3[nH]2)c1OC. The second kappa shape index (κ2) is 6.95. The third-order valence-electron chi connectivity index (χ3n) is 4.33. The highest BCUT2D eigenvalue weighted by atomic mass is 16.5. The summed E-state index contributed by atoms with van der Waals surface area (Å²) in [6, 6.07) is 11.4. The van der Waals surface area contributed by atoms with Crippen LogP contribution in [-0.2, 0) is 6.42 Å². The topological polar surface area (TPSA) is 82.0 Å². The maximum absolute atomic E-state index is 12.7. The molecular weight excluding hydrogens is 344 g/mol. The van der Waals surface area contributed by atoms with Gasteiger partial charge in [0.2, 0.25) is 5.78 Å². The largest absolute Gasteiger partial charge is 0.493 e. The van der Waals surface area contributed by atoms with Crippen LogP contribution in [0, 0.1) is 0 Å². The molecule has 27 heavy (non-hydrogen) atoms. The maximum Gasteiger partial charge on any atom is 0.204 e. The van der Waals surface area contributed by atoms with E-state index in [0.717, 1.165) is 16.7 Å². The molecule has 0 bridgehead atoms. The van der Waals surface area contributed by atoms with Gasteiger partial charge in [0.1, 0.15) is 0 Å². The molecule has 0 aliphatic heterocycles. The number of nitrogens with one attached hydrogen (secondary N) is 1. The van der Waals surface area contributed by atoms with Crippen LogP contribution in [-0.4, -0.2) is 39.5 Å². The van der Waals surface area contributed by atoms with Gasteiger partial charge in [0.15, 0.2) is 17.3 Å². The number of aromatic amines is 1. The quantitative estimate of drug-likeness (QED) is 0.533. The van der Waals surface area contributed by atoms with Crippen LogP contribution in [0.5, 0.6) is 11.5 Å². The molecule has 0 saturated carbocycles. The van der Waals surface area contributed by atoms with E-state index in [1.807, 2.05) is 47.3 Å². The molecule has 7 heteroatoms. The van der Waals surface area contributed by atoms with Crippen molar-refractivity contribution in [2.45, 2.75) is 6.42 Å². The molecule has 7 nitrogen and oxygen atoms in total. The van der Waals surface area contributed by atoms with Gasteiger partial charge in [-0.1, -0.05) is 0 Å². The van der Waals surface area contributed by atoms with Crippen LogP contribution >= 0.6 is 0 Å². The summed E-state index contributed by atoms with van der Waals surface area (Å²) in [4.78, 5) is 24.5. The van der Waals surface area contributed by atoms with Crippen molar-refractivity contribution in [2.24, 2.45) is 0 Å². The number of methoxy groups -OCH3 is 2. The van der Waals surface area contributed by atoms with Gasteiger partial charge in [-0.05, 0) is 30.3 Å². The van der Waals surface area contributed by atoms with Crippen molar-refractivity contribution in [3.05, 3.63) is 66.5 Å². The molecule has 0 saturated heterocycles. The lowest BCUT2D eigenvalue weighted by Crippen LogP contribution is -2.09. The Morgan fingerprint density at radius 1 is 1.15 bits per heavy atom. The monoisotopic (exact) mass is 362 g/mol. The van der Waals surface area contributed by atoms with Crippen molar-refractivity contribution in [3.63, 3.8) is 0 Å². The number of carbonyl (C=O) groups is 1. The molecule has 136 valence electrons. The van der Waals surface area contributed by atoms with Gasteiger partial charge in [0.25, 0.3) is 0 Å². The first-order chi connectivity index (χ1) is 13.2. The number of benzene rings is 1. The van der Waals surface area contributed by atoms with Crippen molar-refractivity contribution in [2.75, 3.05) is 14.2 Å². The maximum atomic E-state index is 12.7. The molecule has 4 aromatic rings. The minimum atomic E-state index is -0.173. The smallest absolute Gasteiger partial charge is 0.204 e. The first kappa shape index (κ1) is 16.8. The van der Waals surface area contributed by atoms with E-state index in [1.165, 1.54) is 7.11 Å². The number of nitrogens with zero attached hydrogens (tertiary/aromatic N) is 3. The number of aromatic nitrogens is 4. The van der Waals surface area contributed by atoms with Gasteiger partial charge in [0, 0.05) is 30.3 Å². The fourth-order valence-electron chi connectivity index (χ4n) is 3.01. The zero-order valence-electron chi connectivity index (χ0n) is 15.0. The molecule has 0 unspecified atom stereocenters. The van der Waals surface area contributed by atoms with Gasteiger partial charge in [-0.25, -0.2) is 4.98 Å². The van der Waals surface area contributed by atoms with Crippen molar-refractivity contribution < 1.29 is 14.3 Å². The van der Waals surface area contributed by atoms with Crippen LogP contribution in [0.4, 0.5) is 0 Å². The van der Waals surface area contributed by atoms with Gasteiger partial charge < -0.3 is 19.0 Å². The fraction of sp³-hybridized carbons (Fsp3) is 0.150. The molecular formula is C20H18N4O3. The van der Waals surface area contributed by atoms with E-state index >= 15 is 0 Å². The van der Waals surface area contributed by atoms with E-state index in [4.69, 9.17) is 9.47 Å². The molecule has 0 aliphatic rings. The summed E-state index contributed by atoms with van der Waals surface area (Å²) in [6.07, 6.45) is 5.57. The van der Waals surface area contributed by atoms with Gasteiger partial charge in [-0.15, -0.1) is 0 Å². The Kier molecular flexibility index (Phi) is 4.33. The number of imidazole rings is 1. The molecule has 1 aromatic carbocycles. The molecule has 4 rings (SSSR count). The zero-order valence-corrected chi connectivity index (χ0v) is 15.0. The summed E-state index contributed by atoms with van der Waals surface area (Å²) in [5.74, 6) is 1.12. The van der Waals surface area contributed by atoms with Gasteiger partial charge >= 0.3 is 0 Å². The standard InChI is InChI=1S/C20H18N4O3/c1-26-18-7-8-21-16(19(18)27-2)12-17(25)20-22-14-6-5-13(11-15(14)23-20)24-9-3-4-10-24/h3-11H,12H2,1-2H3,(H,22,23). The Labute approximate surface area is 155 Å². The summed E-state index contributed by atoms with van der Waals surface area (Å²) in [5.41, 5.74) is 3.03. The third-order valence-corrected chi connectivity index (χ3v) is 4.33. The van der Waals surface area contributed by atoms with Crippen molar-refractivity contribution in [1.82, 2.24) is 19.5 Å². The molecule has 3 heterocycles. The van der Waals surface area contributed by atoms with Gasteiger partial charge in [-0.3, -0.25) is 9.78 Å². The summed E-state index contributed by atoms with van der Waals surface area (Å²) in [7, 11) is 3.07. The number of Topliss-reactive ketones (excluding diaryl/α,β-unsaturated/α-hetero) is 1. The van der Waals surface area contributed by atoms with E-state index in [0.29, 0.717) is 23.0 Å². The van der Waals surface area contributed by atoms with Gasteiger partial charge in [-0.2, -0.15) is 0 Å². The van der Waals surface area contributed by atoms with Gasteiger partial charge in [0.05, 0.1) is 37.4 Å². The minimum absolute atomic E-state index is 0.0602. The normalized spacial score (nSPS) is 10.9. The Hall–Kier alpha value is -3.61. The van der Waals surface area contributed by atoms with E-state index in [9.17, 15) is 4.79 Å². The Bertz CT molecular complexity index is 1100. The first-order valence-electron chi connectivity index (χ1n) is 8.42. The van der Waals surface area contributed by atoms with Crippen molar-refractivity contribution in [3.8, 4) is 17.2 Å². The molecule has 0 radical (unpaired) electrons. The lowest BCUT2D eigenvalue weighted by molar-refractivity contribution is 0.0982. The van der Waals surface area contributed by atoms with Crippen LogP contribution in [0.2, 0.25) is 0 Å². The predicted octanol–water partition coefficient (Wildman–Crippen LogP) is 3.19. The van der Waals surface area contributed by atoms with E-state index in [2.05, 4.69) is 15.0 Å². The number of carbonyl (C=O) groups excluding carboxylic acids is 1. The number of ether oxygens (including phenoxy) is 2. The van der Waals surface area contributed by atoms with Crippen LogP contribution < -0.4 is 9.47 Å². The first-order valence-corrected chi connectivity index (χ1v) is 8.42. The zero-order chi connectivity index (χ0) is 18.8. The van der Waals surface area contributed by atoms with Crippen LogP contribution in [0.1, 0.15) is 16.3 Å². The molecule has 0 atom stereocenters. The number of hydrogen-bond donors (Lipinski definition) is 1. The summed E-state index contributed by atoms with van der Waals surface area (Å²) in [5, 5.41) is 0. The second-order valence-corrected chi connectivity index (χ2v) is 5.97. The third kappa shape index (κ3) is 3.15. The Morgan fingerprint density at radius 3 is 2.70 bits per heavy atom. The Balaban J connectivity index is 1.64. The number of fused-ring (bicyclic) bond motifs is 1. The van der Waals surface area contributed by atoms with Crippen LogP contribution in [0.3, 0.4) is 0 Å². The highest BCUT2D eigenvalue weighted by Gasteiger charge is 2.18. The van der Waals surface area contributed by atoms with Crippen LogP contribution in [0.25, 0.3) is 16.7 Å². The molecule has 0 fully saturated rings. The number of rotatable bonds is 6. The van der Waals surface area contributed by atoms with Crippen LogP contribution in [0.15, 0.2) is 55.0 Å². The summed E-state index contributed by atoms with van der Waals surface area (Å²) in [6.45, 7) is 0. The molecule has 3 aromatic heterocycles. The molecule has 0 amide bonds. The molecule has 0 aliphatic carbocycles. The minimum Gasteiger partial charge on any atom is -0.493 e. The second-order valence-electron chi connectivity index (χ2n) is 5.97. The lowest BCUT2D eigenvalue weighted by atomic mass is 10.1. The van der Waals surface area contributed by atoms with Crippen molar-refractivity contribution >= 4 is 16.8 Å². The number of H-pyrrole nitrogens is 1. The summed E-state index contributed by atoms with van der Waals surface area (Å²) >= 11 is 0. The average Bonchev–Trinajstić information content (AvgIpc) is 3.36. The number of ketones is 1. The average molecular weight is 362 g/mol. The number of hydrogen-bond acceptors (Lipinski definition) is 5. The number of pyridine rings is 1. The van der Waals surface area contributed by atoms with E-state index in [1.54, 1.807) is 19.4 Å². The fourth-order valence-corrected chi connectivity index (χ4v) is 3.01. The van der Waals surface area contributed by atoms with Crippen molar-refractivity contribution in [1.29, 1.82) is 0 Å². The van der Waals surface area contributed by atoms with E-state index < -0.39 is 0 Å². The Morgan fingerprint density at radius 2 is 1.96 bits per heavy atom. The summed E-state index contributed by atoms with van der Waals surface area (Å²) < 4.78 is 12.6. The highest BCUT2D eigenvalue weighted by molar-refractivity contribution is 5.97. The lowest BCUT2D eigenvalue weighted by Gasteiger charge is -2.10. The highest BCUT2D eigenvalue weighted by Crippen LogP contribution is 2.29.